The van der Waals surface area contributed by atoms with Crippen molar-refractivity contribution >= 4 is 10.1 Å². The van der Waals surface area contributed by atoms with Gasteiger partial charge in [-0.3, -0.25) is 4.55 Å². The van der Waals surface area contributed by atoms with Crippen LogP contribution < -0.4 is 4.74 Å². The third kappa shape index (κ3) is 2.47. The van der Waals surface area contributed by atoms with Gasteiger partial charge in [-0.15, -0.1) is 0 Å². The maximum absolute atomic E-state index is 11.3. The lowest BCUT2D eigenvalue weighted by molar-refractivity contribution is -0.0454. The van der Waals surface area contributed by atoms with Crippen molar-refractivity contribution in [2.24, 2.45) is 5.92 Å². The molecular weight excluding hydrogens is 386 g/mol. The van der Waals surface area contributed by atoms with Crippen LogP contribution in [0.1, 0.15) is 23.1 Å². The molecule has 5 rings (SSSR count). The van der Waals surface area contributed by atoms with Gasteiger partial charge in [-0.2, -0.15) is 8.42 Å². The highest BCUT2D eigenvalue weighted by Gasteiger charge is 2.64. The predicted molar refractivity (Wildman–Crippen MR) is 101 cm³/mol. The summed E-state index contributed by atoms with van der Waals surface area (Å²) in [6.07, 6.45) is 4.36. The highest BCUT2D eigenvalue weighted by Crippen LogP contribution is 2.62. The van der Waals surface area contributed by atoms with Crippen LogP contribution in [0.4, 0.5) is 0 Å². The second-order valence-corrected chi connectivity index (χ2v) is 9.83. The van der Waals surface area contributed by atoms with Crippen molar-refractivity contribution in [3.05, 3.63) is 34.9 Å². The summed E-state index contributed by atoms with van der Waals surface area (Å²) in [6, 6.07) is 1.78. The van der Waals surface area contributed by atoms with Crippen LogP contribution in [0.3, 0.4) is 0 Å². The highest BCUT2D eigenvalue weighted by molar-refractivity contribution is 7.85. The standard InChI is InChI=1S/C19H23NO6S.H2O/c1-20-6-5-19-12-2-3-14(21)18(19)26-17-15(22)8-10(4-7-27(23,24)25)11(16(17)19)9-13(12)20;/h2-3,8,12-14,18,21-22H,4-7,9H2,1H3,(H,23,24,25);1H2/t12-,13+,14-,18-,19-;/m0./s1. The first-order valence-electron chi connectivity index (χ1n) is 9.29. The third-order valence-electron chi connectivity index (χ3n) is 7.00. The van der Waals surface area contributed by atoms with Crippen LogP contribution in [0, 0.1) is 5.92 Å². The maximum atomic E-state index is 11.3. The number of benzene rings is 1. The number of aryl methyl sites for hydroxylation is 1. The fraction of sp³-hybridized carbons (Fsp3) is 0.579. The molecule has 1 saturated heterocycles. The molecule has 28 heavy (non-hydrogen) atoms. The first-order valence-corrected chi connectivity index (χ1v) is 10.9. The fourth-order valence-electron chi connectivity index (χ4n) is 5.86. The smallest absolute Gasteiger partial charge is 0.265 e. The number of hydrogen-bond donors (Lipinski definition) is 3. The second kappa shape index (κ2) is 6.17. The van der Waals surface area contributed by atoms with Crippen molar-refractivity contribution < 1.29 is 33.4 Å². The molecular formula is C19H25NO7S. The molecule has 0 radical (unpaired) electrons. The van der Waals surface area contributed by atoms with E-state index in [0.717, 1.165) is 36.1 Å². The molecule has 4 aliphatic rings. The summed E-state index contributed by atoms with van der Waals surface area (Å²) >= 11 is 0. The fourth-order valence-corrected chi connectivity index (χ4v) is 6.34. The average Bonchev–Trinajstić information content (AvgIpc) is 2.95. The van der Waals surface area contributed by atoms with Gasteiger partial charge in [0.2, 0.25) is 0 Å². The number of piperidine rings is 1. The van der Waals surface area contributed by atoms with Crippen LogP contribution in [0.15, 0.2) is 18.2 Å². The lowest BCUT2D eigenvalue weighted by Gasteiger charge is -2.56. The number of likely N-dealkylation sites (tertiary alicyclic amines) is 1. The molecule has 1 spiro atoms. The van der Waals surface area contributed by atoms with Crippen molar-refractivity contribution in [3.8, 4) is 11.5 Å². The first kappa shape index (κ1) is 19.7. The Hall–Kier alpha value is -1.65. The number of phenols is 1. The zero-order valence-electron chi connectivity index (χ0n) is 15.5. The Bertz CT molecular complexity index is 960. The van der Waals surface area contributed by atoms with Crippen molar-refractivity contribution in [2.75, 3.05) is 19.3 Å². The van der Waals surface area contributed by atoms with Crippen molar-refractivity contribution in [1.29, 1.82) is 0 Å². The molecule has 2 heterocycles. The van der Waals surface area contributed by atoms with E-state index in [1.54, 1.807) is 12.1 Å². The van der Waals surface area contributed by atoms with Gasteiger partial charge < -0.3 is 25.3 Å². The Morgan fingerprint density at radius 2 is 2.11 bits per heavy atom. The average molecular weight is 411 g/mol. The number of phenolic OH excluding ortho intramolecular Hbond substituents is 1. The first-order chi connectivity index (χ1) is 12.7. The van der Waals surface area contributed by atoms with Gasteiger partial charge in [0.1, 0.15) is 12.2 Å². The number of hydrogen-bond acceptors (Lipinski definition) is 6. The molecule has 0 saturated carbocycles. The molecule has 9 heteroatoms. The molecule has 0 amide bonds. The molecule has 154 valence electrons. The molecule has 5 atom stereocenters. The van der Waals surface area contributed by atoms with E-state index in [0.29, 0.717) is 5.75 Å². The van der Waals surface area contributed by atoms with E-state index >= 15 is 0 Å². The Morgan fingerprint density at radius 3 is 2.82 bits per heavy atom. The number of ether oxygens (including phenoxy) is 1. The minimum atomic E-state index is -4.10. The van der Waals surface area contributed by atoms with Gasteiger partial charge in [0.25, 0.3) is 10.1 Å². The summed E-state index contributed by atoms with van der Waals surface area (Å²) in [5.74, 6) is 0.198. The summed E-state index contributed by atoms with van der Waals surface area (Å²) in [5.41, 5.74) is 2.27. The number of aliphatic hydroxyl groups excluding tert-OH is 1. The maximum Gasteiger partial charge on any atom is 0.265 e. The lowest BCUT2D eigenvalue weighted by atomic mass is 9.53. The largest absolute Gasteiger partial charge is 0.504 e. The van der Waals surface area contributed by atoms with E-state index in [-0.39, 0.29) is 35.4 Å². The van der Waals surface area contributed by atoms with Crippen molar-refractivity contribution in [2.45, 2.75) is 42.9 Å². The molecule has 2 aliphatic heterocycles. The number of likely N-dealkylation sites (N-methyl/N-ethyl adjacent to an activating group) is 1. The van der Waals surface area contributed by atoms with E-state index in [1.165, 1.54) is 0 Å². The van der Waals surface area contributed by atoms with E-state index in [2.05, 4.69) is 18.0 Å². The molecule has 0 unspecified atom stereocenters. The zero-order chi connectivity index (χ0) is 19.1. The number of aromatic hydroxyl groups is 1. The Labute approximate surface area is 163 Å². The van der Waals surface area contributed by atoms with Gasteiger partial charge in [-0.25, -0.2) is 0 Å². The van der Waals surface area contributed by atoms with Gasteiger partial charge in [-0.05, 0) is 50.0 Å². The van der Waals surface area contributed by atoms with Gasteiger partial charge in [0.15, 0.2) is 11.5 Å². The predicted octanol–water partition coefficient (Wildman–Crippen LogP) is -0.196. The van der Waals surface area contributed by atoms with Gasteiger partial charge in [0.05, 0.1) is 5.75 Å². The molecule has 2 aliphatic carbocycles. The third-order valence-corrected chi connectivity index (χ3v) is 7.72. The van der Waals surface area contributed by atoms with Gasteiger partial charge in [-0.1, -0.05) is 12.2 Å². The summed E-state index contributed by atoms with van der Waals surface area (Å²) in [5, 5.41) is 21.2. The zero-order valence-corrected chi connectivity index (χ0v) is 16.3. The van der Waals surface area contributed by atoms with Crippen molar-refractivity contribution in [1.82, 2.24) is 4.90 Å². The highest BCUT2D eigenvalue weighted by atomic mass is 32.2. The van der Waals surface area contributed by atoms with Crippen LogP contribution in [0.25, 0.3) is 0 Å². The summed E-state index contributed by atoms with van der Waals surface area (Å²) in [7, 11) is -2.01. The summed E-state index contributed by atoms with van der Waals surface area (Å²) in [4.78, 5) is 2.31. The Balaban J connectivity index is 0.00000192. The van der Waals surface area contributed by atoms with Gasteiger partial charge >= 0.3 is 0 Å². The molecule has 0 aromatic heterocycles. The van der Waals surface area contributed by atoms with Gasteiger partial charge in [0, 0.05) is 22.9 Å². The minimum absolute atomic E-state index is 0. The lowest BCUT2D eigenvalue weighted by Crippen LogP contribution is -2.64. The minimum Gasteiger partial charge on any atom is -0.504 e. The van der Waals surface area contributed by atoms with Crippen molar-refractivity contribution in [3.63, 3.8) is 0 Å². The van der Waals surface area contributed by atoms with E-state index in [4.69, 9.17) is 4.74 Å². The van der Waals surface area contributed by atoms with Crippen LogP contribution in [0.5, 0.6) is 11.5 Å². The van der Waals surface area contributed by atoms with Crippen LogP contribution in [-0.4, -0.2) is 71.2 Å². The van der Waals surface area contributed by atoms with E-state index < -0.39 is 27.7 Å². The molecule has 1 aromatic carbocycles. The Kier molecular flexibility index (Phi) is 4.33. The topological polar surface area (TPSA) is 139 Å². The number of nitrogens with zero attached hydrogens (tertiary/aromatic N) is 1. The normalized spacial score (nSPS) is 35.1. The number of rotatable bonds is 3. The SMILES string of the molecule is CN1CC[C@]23c4c5c(CCS(=O)(=O)O)cc(O)c4O[C@H]2[C@@H](O)C=C[C@H]3[C@H]1C5.O. The number of aliphatic hydroxyl groups is 1. The summed E-state index contributed by atoms with van der Waals surface area (Å²) in [6.45, 7) is 0.872. The van der Waals surface area contributed by atoms with Crippen LogP contribution >= 0.6 is 0 Å². The second-order valence-electron chi connectivity index (χ2n) is 8.26. The van der Waals surface area contributed by atoms with E-state index in [1.807, 2.05) is 0 Å². The quantitative estimate of drug-likeness (QED) is 0.462. The Morgan fingerprint density at radius 1 is 1.36 bits per heavy atom. The molecule has 2 bridgehead atoms. The molecule has 8 nitrogen and oxygen atoms in total. The van der Waals surface area contributed by atoms with Crippen LogP contribution in [0.2, 0.25) is 0 Å². The monoisotopic (exact) mass is 411 g/mol. The van der Waals surface area contributed by atoms with E-state index in [9.17, 15) is 23.2 Å². The van der Waals surface area contributed by atoms with Crippen LogP contribution in [-0.2, 0) is 28.4 Å². The molecule has 5 N–H and O–H groups in total. The summed E-state index contributed by atoms with van der Waals surface area (Å²) < 4.78 is 37.8. The molecule has 1 aromatic rings. The molecule has 1 fully saturated rings.